The molecule has 0 aliphatic rings. The zero-order chi connectivity index (χ0) is 10.4. The normalized spacial score (nSPS) is 10.5. The topological polar surface area (TPSA) is 0 Å². The fourth-order valence-electron chi connectivity index (χ4n) is 1.22. The highest BCUT2D eigenvalue weighted by atomic mass is 32.2. The third-order valence-corrected chi connectivity index (χ3v) is 4.11. The van der Waals surface area contributed by atoms with Crippen molar-refractivity contribution in [3.8, 4) is 0 Å². The largest absolute Gasteiger partial charge is 0.129 e. The van der Waals surface area contributed by atoms with Crippen LogP contribution >= 0.6 is 23.5 Å². The second kappa shape index (κ2) is 6.41. The number of thioether (sulfide) groups is 2. The molecule has 0 saturated carbocycles. The molecule has 0 aliphatic carbocycles. The highest BCUT2D eigenvalue weighted by Gasteiger charge is 1.99. The van der Waals surface area contributed by atoms with Crippen molar-refractivity contribution in [1.82, 2.24) is 0 Å². The molecular formula is C12H18S2. The first-order valence-corrected chi connectivity index (χ1v) is 7.26. The minimum absolute atomic E-state index is 1.24. The lowest BCUT2D eigenvalue weighted by atomic mass is 10.2. The SMILES string of the molecule is CCCCSc1ccc(C)c(SC)c1. The Morgan fingerprint density at radius 2 is 2.07 bits per heavy atom. The molecule has 0 bridgehead atoms. The van der Waals surface area contributed by atoms with E-state index in [1.54, 1.807) is 0 Å². The van der Waals surface area contributed by atoms with E-state index in [1.807, 2.05) is 23.5 Å². The van der Waals surface area contributed by atoms with Crippen LogP contribution in [0.3, 0.4) is 0 Å². The van der Waals surface area contributed by atoms with Crippen LogP contribution in [-0.4, -0.2) is 12.0 Å². The average Bonchev–Trinajstić information content (AvgIpc) is 2.21. The van der Waals surface area contributed by atoms with Crippen LogP contribution in [0, 0.1) is 6.92 Å². The molecule has 78 valence electrons. The molecule has 14 heavy (non-hydrogen) atoms. The zero-order valence-electron chi connectivity index (χ0n) is 9.17. The van der Waals surface area contributed by atoms with Crippen LogP contribution in [0.25, 0.3) is 0 Å². The van der Waals surface area contributed by atoms with Gasteiger partial charge in [0.25, 0.3) is 0 Å². The second-order valence-corrected chi connectivity index (χ2v) is 5.35. The molecule has 0 spiro atoms. The zero-order valence-corrected chi connectivity index (χ0v) is 10.8. The predicted octanol–water partition coefficient (Wildman–Crippen LogP) is 4.61. The van der Waals surface area contributed by atoms with E-state index in [-0.39, 0.29) is 0 Å². The van der Waals surface area contributed by atoms with Gasteiger partial charge < -0.3 is 0 Å². The summed E-state index contributed by atoms with van der Waals surface area (Å²) in [6, 6.07) is 6.76. The van der Waals surface area contributed by atoms with Gasteiger partial charge >= 0.3 is 0 Å². The molecule has 0 atom stereocenters. The van der Waals surface area contributed by atoms with Gasteiger partial charge in [-0.25, -0.2) is 0 Å². The first-order chi connectivity index (χ1) is 6.77. The van der Waals surface area contributed by atoms with Crippen LogP contribution < -0.4 is 0 Å². The van der Waals surface area contributed by atoms with E-state index in [2.05, 4.69) is 38.3 Å². The highest BCUT2D eigenvalue weighted by Crippen LogP contribution is 2.27. The predicted molar refractivity (Wildman–Crippen MR) is 68.6 cm³/mol. The molecule has 0 heterocycles. The van der Waals surface area contributed by atoms with Crippen LogP contribution in [0.1, 0.15) is 25.3 Å². The maximum atomic E-state index is 2.31. The van der Waals surface area contributed by atoms with E-state index < -0.39 is 0 Å². The van der Waals surface area contributed by atoms with Crippen molar-refractivity contribution in [3.63, 3.8) is 0 Å². The van der Waals surface area contributed by atoms with E-state index in [4.69, 9.17) is 0 Å². The molecule has 0 radical (unpaired) electrons. The molecule has 1 aromatic rings. The third kappa shape index (κ3) is 3.58. The number of aryl methyl sites for hydroxylation is 1. The Morgan fingerprint density at radius 3 is 2.71 bits per heavy atom. The summed E-state index contributed by atoms with van der Waals surface area (Å²) in [5.74, 6) is 1.24. The molecule has 0 amide bonds. The van der Waals surface area contributed by atoms with Gasteiger partial charge in [-0.05, 0) is 43.0 Å². The molecule has 0 aromatic heterocycles. The van der Waals surface area contributed by atoms with Crippen molar-refractivity contribution in [2.24, 2.45) is 0 Å². The summed E-state index contributed by atoms with van der Waals surface area (Å²) in [4.78, 5) is 2.82. The fourth-order valence-corrected chi connectivity index (χ4v) is 2.97. The van der Waals surface area contributed by atoms with Gasteiger partial charge in [0.2, 0.25) is 0 Å². The van der Waals surface area contributed by atoms with Crippen LogP contribution in [0.5, 0.6) is 0 Å². The number of hydrogen-bond acceptors (Lipinski definition) is 2. The average molecular weight is 226 g/mol. The molecule has 0 fully saturated rings. The van der Waals surface area contributed by atoms with E-state index in [1.165, 1.54) is 33.9 Å². The molecule has 0 saturated heterocycles. The molecule has 0 nitrogen and oxygen atoms in total. The smallest absolute Gasteiger partial charge is 0.0109 e. The van der Waals surface area contributed by atoms with Crippen molar-refractivity contribution in [1.29, 1.82) is 0 Å². The first kappa shape index (κ1) is 12.0. The second-order valence-electron chi connectivity index (χ2n) is 3.33. The van der Waals surface area contributed by atoms with Crippen molar-refractivity contribution in [2.75, 3.05) is 12.0 Å². The summed E-state index contributed by atoms with van der Waals surface area (Å²) in [6.45, 7) is 4.41. The van der Waals surface area contributed by atoms with Crippen molar-refractivity contribution < 1.29 is 0 Å². The van der Waals surface area contributed by atoms with E-state index in [0.717, 1.165) is 0 Å². The Kier molecular flexibility index (Phi) is 5.49. The molecule has 0 N–H and O–H groups in total. The van der Waals surface area contributed by atoms with Crippen LogP contribution in [0.15, 0.2) is 28.0 Å². The van der Waals surface area contributed by atoms with E-state index in [9.17, 15) is 0 Å². The molecular weight excluding hydrogens is 208 g/mol. The number of unbranched alkanes of at least 4 members (excludes halogenated alkanes) is 1. The maximum Gasteiger partial charge on any atom is 0.0109 e. The monoisotopic (exact) mass is 226 g/mol. The third-order valence-electron chi connectivity index (χ3n) is 2.15. The lowest BCUT2D eigenvalue weighted by Gasteiger charge is -2.05. The summed E-state index contributed by atoms with van der Waals surface area (Å²) >= 11 is 3.81. The van der Waals surface area contributed by atoms with Gasteiger partial charge in [-0.2, -0.15) is 0 Å². The Labute approximate surface area is 95.9 Å². The summed E-state index contributed by atoms with van der Waals surface area (Å²) in [6.07, 6.45) is 4.74. The van der Waals surface area contributed by atoms with Gasteiger partial charge in [0.15, 0.2) is 0 Å². The van der Waals surface area contributed by atoms with Gasteiger partial charge in [-0.3, -0.25) is 0 Å². The van der Waals surface area contributed by atoms with Crippen LogP contribution in [-0.2, 0) is 0 Å². The maximum absolute atomic E-state index is 2.31. The van der Waals surface area contributed by atoms with Crippen LogP contribution in [0.4, 0.5) is 0 Å². The number of hydrogen-bond donors (Lipinski definition) is 0. The standard InChI is InChI=1S/C12H18S2/c1-4-5-8-14-11-7-6-10(2)12(9-11)13-3/h6-7,9H,4-5,8H2,1-3H3. The van der Waals surface area contributed by atoms with Crippen LogP contribution in [0.2, 0.25) is 0 Å². The Balaban J connectivity index is 2.60. The van der Waals surface area contributed by atoms with Crippen molar-refractivity contribution in [3.05, 3.63) is 23.8 Å². The molecule has 0 unspecified atom stereocenters. The molecule has 2 heteroatoms. The summed E-state index contributed by atoms with van der Waals surface area (Å²) in [5.41, 5.74) is 1.39. The molecule has 1 rings (SSSR count). The van der Waals surface area contributed by atoms with Crippen molar-refractivity contribution >= 4 is 23.5 Å². The van der Waals surface area contributed by atoms with E-state index >= 15 is 0 Å². The lowest BCUT2D eigenvalue weighted by Crippen LogP contribution is -1.82. The minimum Gasteiger partial charge on any atom is -0.129 e. The highest BCUT2D eigenvalue weighted by molar-refractivity contribution is 7.99. The quantitative estimate of drug-likeness (QED) is 0.531. The van der Waals surface area contributed by atoms with Crippen molar-refractivity contribution in [2.45, 2.75) is 36.5 Å². The number of benzene rings is 1. The summed E-state index contributed by atoms with van der Waals surface area (Å²) < 4.78 is 0. The van der Waals surface area contributed by atoms with E-state index in [0.29, 0.717) is 0 Å². The number of rotatable bonds is 5. The molecule has 0 aliphatic heterocycles. The fraction of sp³-hybridized carbons (Fsp3) is 0.500. The van der Waals surface area contributed by atoms with Gasteiger partial charge in [-0.15, -0.1) is 23.5 Å². The van der Waals surface area contributed by atoms with Gasteiger partial charge in [0, 0.05) is 9.79 Å². The van der Waals surface area contributed by atoms with Gasteiger partial charge in [0.1, 0.15) is 0 Å². The Hall–Kier alpha value is -0.0800. The summed E-state index contributed by atoms with van der Waals surface area (Å²) in [5, 5.41) is 0. The molecule has 1 aromatic carbocycles. The minimum atomic E-state index is 1.24. The first-order valence-electron chi connectivity index (χ1n) is 5.05. The summed E-state index contributed by atoms with van der Waals surface area (Å²) in [7, 11) is 0. The van der Waals surface area contributed by atoms with Gasteiger partial charge in [0.05, 0.1) is 0 Å². The Morgan fingerprint density at radius 1 is 1.29 bits per heavy atom. The van der Waals surface area contributed by atoms with Gasteiger partial charge in [-0.1, -0.05) is 19.4 Å². The Bertz CT molecular complexity index is 282. The lowest BCUT2D eigenvalue weighted by molar-refractivity contribution is 0.896.